The van der Waals surface area contributed by atoms with Crippen LogP contribution >= 0.6 is 0 Å². The van der Waals surface area contributed by atoms with Gasteiger partial charge in [0.25, 0.3) is 12.9 Å². The third-order valence-corrected chi connectivity index (χ3v) is 5.21. The highest BCUT2D eigenvalue weighted by atomic mass is 19.3. The molecule has 2 aliphatic carbocycles. The van der Waals surface area contributed by atoms with Crippen LogP contribution in [0.3, 0.4) is 0 Å². The SMILES string of the molecule is C[N+]1(c2ccccc2C2CC2C2CC2)C=C(OC=O)C(C(F)F)=N1. The van der Waals surface area contributed by atoms with Crippen molar-refractivity contribution in [2.75, 3.05) is 7.05 Å². The maximum Gasteiger partial charge on any atom is 0.298 e. The second kappa shape index (κ2) is 5.48. The van der Waals surface area contributed by atoms with Gasteiger partial charge in [-0.3, -0.25) is 4.79 Å². The number of alkyl halides is 2. The van der Waals surface area contributed by atoms with Gasteiger partial charge >= 0.3 is 0 Å². The Bertz CT molecular complexity index is 742. The molecule has 0 saturated heterocycles. The smallest absolute Gasteiger partial charge is 0.298 e. The molecule has 126 valence electrons. The molecule has 4 rings (SSSR count). The Morgan fingerprint density at radius 3 is 2.75 bits per heavy atom. The molecule has 0 aromatic heterocycles. The third kappa shape index (κ3) is 2.55. The molecule has 2 saturated carbocycles. The molecule has 3 aliphatic rings. The summed E-state index contributed by atoms with van der Waals surface area (Å²) in [5, 5.41) is 4.17. The van der Waals surface area contributed by atoms with E-state index in [-0.39, 0.29) is 16.8 Å². The summed E-state index contributed by atoms with van der Waals surface area (Å²) < 4.78 is 31.1. The van der Waals surface area contributed by atoms with E-state index in [9.17, 15) is 13.6 Å². The van der Waals surface area contributed by atoms with Crippen LogP contribution in [0, 0.1) is 11.8 Å². The van der Waals surface area contributed by atoms with E-state index < -0.39 is 12.1 Å². The Labute approximate surface area is 139 Å². The fourth-order valence-corrected chi connectivity index (χ4v) is 3.84. The predicted molar refractivity (Wildman–Crippen MR) is 86.4 cm³/mol. The molecule has 24 heavy (non-hydrogen) atoms. The van der Waals surface area contributed by atoms with E-state index >= 15 is 0 Å². The van der Waals surface area contributed by atoms with E-state index in [2.05, 4.69) is 11.2 Å². The molecule has 4 nitrogen and oxygen atoms in total. The number of carbonyl (C=O) groups is 1. The van der Waals surface area contributed by atoms with Crippen molar-refractivity contribution >= 4 is 17.9 Å². The van der Waals surface area contributed by atoms with Gasteiger partial charge in [0.2, 0.25) is 11.5 Å². The van der Waals surface area contributed by atoms with Gasteiger partial charge in [-0.15, -0.1) is 4.59 Å². The first-order valence-electron chi connectivity index (χ1n) is 8.21. The van der Waals surface area contributed by atoms with E-state index in [4.69, 9.17) is 4.74 Å². The van der Waals surface area contributed by atoms with Crippen molar-refractivity contribution < 1.29 is 18.3 Å². The molecule has 0 spiro atoms. The van der Waals surface area contributed by atoms with Crippen molar-refractivity contribution in [2.24, 2.45) is 16.9 Å². The lowest BCUT2D eigenvalue weighted by Gasteiger charge is -2.22. The summed E-state index contributed by atoms with van der Waals surface area (Å²) in [5.74, 6) is 1.87. The second-order valence-electron chi connectivity index (χ2n) is 6.92. The molecule has 1 aliphatic heterocycles. The Hall–Kier alpha value is -2.08. The highest BCUT2D eigenvalue weighted by Gasteiger charge is 2.51. The molecule has 2 fully saturated rings. The van der Waals surface area contributed by atoms with Crippen LogP contribution in [0.15, 0.2) is 41.3 Å². The maximum absolute atomic E-state index is 13.2. The van der Waals surface area contributed by atoms with Crippen molar-refractivity contribution in [3.8, 4) is 0 Å². The van der Waals surface area contributed by atoms with Gasteiger partial charge in [-0.2, -0.15) is 0 Å². The number of nitrogens with zero attached hydrogens (tertiary/aromatic N) is 2. The van der Waals surface area contributed by atoms with Gasteiger partial charge in [-0.05, 0) is 37.0 Å². The Morgan fingerprint density at radius 1 is 1.33 bits per heavy atom. The Kier molecular flexibility index (Phi) is 3.53. The van der Waals surface area contributed by atoms with Gasteiger partial charge in [0, 0.05) is 11.6 Å². The van der Waals surface area contributed by atoms with Crippen LogP contribution in [0.4, 0.5) is 14.5 Å². The molecule has 1 aromatic carbocycles. The van der Waals surface area contributed by atoms with Crippen LogP contribution in [-0.2, 0) is 9.53 Å². The standard InChI is InChI=1S/C18H19F2N2O2/c1-22(9-16(24-10-23)17(21-22)18(19)20)15-5-3-2-4-12(15)14-8-13(14)11-6-7-11/h2-5,9-11,13-14,18H,6-8H2,1H3/q+1. The Morgan fingerprint density at radius 2 is 2.08 bits per heavy atom. The number of carbonyl (C=O) groups excluding carboxylic acids is 1. The summed E-state index contributed by atoms with van der Waals surface area (Å²) in [4.78, 5) is 10.6. The number of para-hydroxylation sites is 1. The summed E-state index contributed by atoms with van der Waals surface area (Å²) in [5.41, 5.74) is 1.56. The topological polar surface area (TPSA) is 38.7 Å². The van der Waals surface area contributed by atoms with Crippen LogP contribution < -0.4 is 4.59 Å². The number of hydrogen-bond acceptors (Lipinski definition) is 3. The third-order valence-electron chi connectivity index (χ3n) is 5.21. The van der Waals surface area contributed by atoms with Crippen molar-refractivity contribution in [1.82, 2.24) is 4.59 Å². The fourth-order valence-electron chi connectivity index (χ4n) is 3.84. The number of quaternary nitrogens is 1. The summed E-state index contributed by atoms with van der Waals surface area (Å²) in [6.45, 7) is 0.162. The predicted octanol–water partition coefficient (Wildman–Crippen LogP) is 3.79. The minimum atomic E-state index is -2.79. The Balaban J connectivity index is 1.72. The molecule has 1 heterocycles. The average molecular weight is 333 g/mol. The zero-order valence-corrected chi connectivity index (χ0v) is 13.4. The molecule has 1 aromatic rings. The first-order valence-corrected chi connectivity index (χ1v) is 8.21. The normalized spacial score (nSPS) is 31.7. The molecular weight excluding hydrogens is 314 g/mol. The monoisotopic (exact) mass is 333 g/mol. The lowest BCUT2D eigenvalue weighted by atomic mass is 10.0. The molecule has 0 N–H and O–H groups in total. The summed E-state index contributed by atoms with van der Waals surface area (Å²) in [6.07, 6.45) is 2.46. The molecule has 3 unspecified atom stereocenters. The number of rotatable bonds is 6. The van der Waals surface area contributed by atoms with Crippen LogP contribution in [-0.4, -0.2) is 25.7 Å². The van der Waals surface area contributed by atoms with Gasteiger partial charge in [0.1, 0.15) is 7.05 Å². The van der Waals surface area contributed by atoms with Crippen LogP contribution in [0.25, 0.3) is 0 Å². The van der Waals surface area contributed by atoms with Crippen molar-refractivity contribution in [3.63, 3.8) is 0 Å². The average Bonchev–Trinajstić information content (AvgIpc) is 3.44. The summed E-state index contributed by atoms with van der Waals surface area (Å²) in [7, 11) is 1.73. The quantitative estimate of drug-likeness (QED) is 0.587. The molecular formula is C18H19F2N2O2+. The zero-order valence-electron chi connectivity index (χ0n) is 13.4. The molecule has 6 heteroatoms. The highest BCUT2D eigenvalue weighted by molar-refractivity contribution is 6.03. The number of benzene rings is 1. The first kappa shape index (κ1) is 15.4. The van der Waals surface area contributed by atoms with E-state index in [1.54, 1.807) is 7.05 Å². The van der Waals surface area contributed by atoms with Gasteiger partial charge < -0.3 is 4.74 Å². The van der Waals surface area contributed by atoms with E-state index in [1.807, 2.05) is 18.2 Å². The largest absolute Gasteiger partial charge is 0.421 e. The maximum atomic E-state index is 13.2. The number of allylic oxidation sites excluding steroid dienone is 1. The van der Waals surface area contributed by atoms with Crippen molar-refractivity contribution in [2.45, 2.75) is 31.6 Å². The lowest BCUT2D eigenvalue weighted by molar-refractivity contribution is -0.124. The van der Waals surface area contributed by atoms with Gasteiger partial charge in [0.15, 0.2) is 11.9 Å². The van der Waals surface area contributed by atoms with Crippen LogP contribution in [0.2, 0.25) is 0 Å². The molecule has 0 amide bonds. The zero-order chi connectivity index (χ0) is 16.9. The first-order chi connectivity index (χ1) is 11.5. The van der Waals surface area contributed by atoms with Gasteiger partial charge in [-0.1, -0.05) is 23.3 Å². The number of halogens is 2. The van der Waals surface area contributed by atoms with Crippen LogP contribution in [0.1, 0.15) is 30.7 Å². The minimum Gasteiger partial charge on any atom is -0.421 e. The highest BCUT2D eigenvalue weighted by Crippen LogP contribution is 2.61. The second-order valence-corrected chi connectivity index (χ2v) is 6.92. The lowest BCUT2D eigenvalue weighted by Crippen LogP contribution is -2.32. The number of hydrogen-bond donors (Lipinski definition) is 0. The van der Waals surface area contributed by atoms with Crippen LogP contribution in [0.5, 0.6) is 0 Å². The fraction of sp³-hybridized carbons (Fsp3) is 0.444. The number of ether oxygens (including phenoxy) is 1. The molecule has 0 radical (unpaired) electrons. The van der Waals surface area contributed by atoms with Gasteiger partial charge in [0.05, 0.1) is 0 Å². The molecule has 3 atom stereocenters. The van der Waals surface area contributed by atoms with Crippen molar-refractivity contribution in [3.05, 3.63) is 41.8 Å². The van der Waals surface area contributed by atoms with E-state index in [0.29, 0.717) is 11.8 Å². The molecule has 0 bridgehead atoms. The van der Waals surface area contributed by atoms with Crippen molar-refractivity contribution in [1.29, 1.82) is 0 Å². The van der Waals surface area contributed by atoms with E-state index in [0.717, 1.165) is 23.6 Å². The summed E-state index contributed by atoms with van der Waals surface area (Å²) >= 11 is 0. The van der Waals surface area contributed by atoms with E-state index in [1.165, 1.54) is 19.0 Å². The minimum absolute atomic E-state index is 0.146. The summed E-state index contributed by atoms with van der Waals surface area (Å²) in [6, 6.07) is 7.86. The van der Waals surface area contributed by atoms with Gasteiger partial charge in [-0.25, -0.2) is 8.78 Å².